The predicted octanol–water partition coefficient (Wildman–Crippen LogP) is 1.61. The lowest BCUT2D eigenvalue weighted by atomic mass is 9.81. The molecule has 0 bridgehead atoms. The van der Waals surface area contributed by atoms with Crippen LogP contribution in [0.25, 0.3) is 0 Å². The van der Waals surface area contributed by atoms with Crippen LogP contribution >= 0.6 is 15.9 Å². The van der Waals surface area contributed by atoms with Crippen LogP contribution in [0.4, 0.5) is 13.2 Å². The zero-order valence-corrected chi connectivity index (χ0v) is 9.03. The first-order chi connectivity index (χ1) is 6.48. The Morgan fingerprint density at radius 2 is 1.86 bits per heavy atom. The van der Waals surface area contributed by atoms with Gasteiger partial charge in [0.25, 0.3) is 0 Å². The number of nitrogens with one attached hydrogen (secondary N) is 2. The van der Waals surface area contributed by atoms with Crippen LogP contribution in [0.3, 0.4) is 0 Å². The fourth-order valence-electron chi connectivity index (χ4n) is 2.36. The summed E-state index contributed by atoms with van der Waals surface area (Å²) in [7, 11) is 0. The highest BCUT2D eigenvalue weighted by atomic mass is 79.9. The number of hydrogen-bond donors (Lipinski definition) is 2. The number of alkyl halides is 4. The lowest BCUT2D eigenvalue weighted by molar-refractivity contribution is -0.187. The van der Waals surface area contributed by atoms with Crippen molar-refractivity contribution in [1.82, 2.24) is 10.6 Å². The van der Waals surface area contributed by atoms with Crippen molar-refractivity contribution in [1.29, 1.82) is 0 Å². The van der Waals surface area contributed by atoms with Crippen LogP contribution in [-0.4, -0.2) is 29.8 Å². The Bertz CT molecular complexity index is 221. The van der Waals surface area contributed by atoms with Gasteiger partial charge in [-0.2, -0.15) is 13.2 Å². The molecule has 2 fully saturated rings. The van der Waals surface area contributed by atoms with Crippen LogP contribution in [0.1, 0.15) is 12.8 Å². The predicted molar refractivity (Wildman–Crippen MR) is 50.2 cm³/mol. The minimum absolute atomic E-state index is 0.0252. The zero-order valence-electron chi connectivity index (χ0n) is 7.44. The van der Waals surface area contributed by atoms with Crippen LogP contribution in [0.2, 0.25) is 0 Å². The summed E-state index contributed by atoms with van der Waals surface area (Å²) in [5.41, 5.74) is 0. The van der Waals surface area contributed by atoms with Gasteiger partial charge >= 0.3 is 6.18 Å². The molecule has 2 aliphatic rings. The Morgan fingerprint density at radius 3 is 2.50 bits per heavy atom. The SMILES string of the molecule is FC(F)(F)C1CC(Br)CC2NCNC21. The summed E-state index contributed by atoms with van der Waals surface area (Å²) in [5, 5.41) is 5.93. The van der Waals surface area contributed by atoms with Gasteiger partial charge in [-0.3, -0.25) is 5.32 Å². The standard InChI is InChI=1S/C8H12BrF3N2/c9-4-1-5(8(10,11)12)7-6(2-4)13-3-14-7/h4-7,13-14H,1-3H2. The highest BCUT2D eigenvalue weighted by Gasteiger charge is 2.51. The summed E-state index contributed by atoms with van der Waals surface area (Å²) in [6.07, 6.45) is -3.14. The van der Waals surface area contributed by atoms with E-state index in [0.29, 0.717) is 6.67 Å². The zero-order chi connectivity index (χ0) is 10.3. The topological polar surface area (TPSA) is 24.1 Å². The molecule has 6 heteroatoms. The molecule has 1 aliphatic heterocycles. The van der Waals surface area contributed by atoms with Crippen molar-refractivity contribution in [3.8, 4) is 0 Å². The van der Waals surface area contributed by atoms with Gasteiger partial charge in [0.1, 0.15) is 0 Å². The smallest absolute Gasteiger partial charge is 0.300 e. The van der Waals surface area contributed by atoms with Crippen LogP contribution < -0.4 is 10.6 Å². The first-order valence-corrected chi connectivity index (χ1v) is 5.57. The van der Waals surface area contributed by atoms with Crippen LogP contribution in [0, 0.1) is 5.92 Å². The molecule has 1 saturated heterocycles. The average Bonchev–Trinajstić information content (AvgIpc) is 2.47. The van der Waals surface area contributed by atoms with Gasteiger partial charge in [0.2, 0.25) is 0 Å². The molecule has 4 atom stereocenters. The molecule has 0 aromatic rings. The minimum atomic E-state index is -4.09. The van der Waals surface area contributed by atoms with Crippen molar-refractivity contribution in [2.75, 3.05) is 6.67 Å². The second-order valence-corrected chi connectivity index (χ2v) is 5.23. The Hall–Kier alpha value is 0.190. The molecule has 0 spiro atoms. The fourth-order valence-corrected chi connectivity index (χ4v) is 3.17. The molecule has 14 heavy (non-hydrogen) atoms. The van der Waals surface area contributed by atoms with Crippen molar-refractivity contribution in [2.45, 2.75) is 35.9 Å². The number of rotatable bonds is 0. The summed E-state index contributed by atoms with van der Waals surface area (Å²) < 4.78 is 38.0. The van der Waals surface area contributed by atoms with E-state index in [4.69, 9.17) is 0 Å². The largest absolute Gasteiger partial charge is 0.393 e. The fraction of sp³-hybridized carbons (Fsp3) is 1.00. The van der Waals surface area contributed by atoms with Crippen molar-refractivity contribution in [3.63, 3.8) is 0 Å². The van der Waals surface area contributed by atoms with Gasteiger partial charge in [-0.05, 0) is 12.8 Å². The van der Waals surface area contributed by atoms with Gasteiger partial charge < -0.3 is 5.32 Å². The Balaban J connectivity index is 2.14. The van der Waals surface area contributed by atoms with E-state index in [-0.39, 0.29) is 17.3 Å². The van der Waals surface area contributed by atoms with Gasteiger partial charge in [0, 0.05) is 23.6 Å². The van der Waals surface area contributed by atoms with E-state index in [1.54, 1.807) is 0 Å². The molecule has 1 heterocycles. The Kier molecular flexibility index (Phi) is 2.79. The van der Waals surface area contributed by atoms with E-state index < -0.39 is 18.1 Å². The first-order valence-electron chi connectivity index (χ1n) is 4.66. The number of fused-ring (bicyclic) bond motifs is 1. The lowest BCUT2D eigenvalue weighted by Crippen LogP contribution is -2.51. The van der Waals surface area contributed by atoms with Crippen molar-refractivity contribution >= 4 is 15.9 Å². The monoisotopic (exact) mass is 272 g/mol. The van der Waals surface area contributed by atoms with E-state index >= 15 is 0 Å². The highest BCUT2D eigenvalue weighted by molar-refractivity contribution is 9.09. The molecule has 0 radical (unpaired) electrons. The van der Waals surface area contributed by atoms with Crippen LogP contribution in [-0.2, 0) is 0 Å². The van der Waals surface area contributed by atoms with Crippen LogP contribution in [0.5, 0.6) is 0 Å². The molecule has 2 rings (SSSR count). The molecule has 0 aromatic heterocycles. The molecular formula is C8H12BrF3N2. The van der Waals surface area contributed by atoms with Crippen LogP contribution in [0.15, 0.2) is 0 Å². The molecule has 1 saturated carbocycles. The van der Waals surface area contributed by atoms with Gasteiger partial charge in [-0.1, -0.05) is 15.9 Å². The third kappa shape index (κ3) is 1.92. The molecule has 0 aromatic carbocycles. The molecule has 2 nitrogen and oxygen atoms in total. The summed E-state index contributed by atoms with van der Waals surface area (Å²) in [4.78, 5) is -0.0252. The molecule has 4 unspecified atom stereocenters. The number of halogens is 4. The minimum Gasteiger partial charge on any atom is -0.300 e. The summed E-state index contributed by atoms with van der Waals surface area (Å²) >= 11 is 3.29. The molecule has 1 aliphatic carbocycles. The lowest BCUT2D eigenvalue weighted by Gasteiger charge is -2.36. The van der Waals surface area contributed by atoms with Crippen molar-refractivity contribution < 1.29 is 13.2 Å². The third-order valence-electron chi connectivity index (χ3n) is 3.01. The summed E-state index contributed by atoms with van der Waals surface area (Å²) in [6, 6.07) is -0.483. The normalized spacial score (nSPS) is 43.7. The maximum atomic E-state index is 12.7. The first kappa shape index (κ1) is 10.7. The summed E-state index contributed by atoms with van der Waals surface area (Å²) in [6.45, 7) is 0.488. The highest BCUT2D eigenvalue weighted by Crippen LogP contribution is 2.40. The van der Waals surface area contributed by atoms with Gasteiger partial charge in [0.05, 0.1) is 5.92 Å². The Morgan fingerprint density at radius 1 is 1.14 bits per heavy atom. The Labute approximate surface area is 88.7 Å². The van der Waals surface area contributed by atoms with E-state index in [2.05, 4.69) is 26.6 Å². The quantitative estimate of drug-likeness (QED) is 0.655. The van der Waals surface area contributed by atoms with Crippen molar-refractivity contribution in [2.24, 2.45) is 5.92 Å². The second kappa shape index (κ2) is 3.64. The summed E-state index contributed by atoms with van der Waals surface area (Å²) in [5.74, 6) is -1.22. The average molecular weight is 273 g/mol. The van der Waals surface area contributed by atoms with Gasteiger partial charge in [-0.25, -0.2) is 0 Å². The van der Waals surface area contributed by atoms with Gasteiger partial charge in [0.15, 0.2) is 0 Å². The molecular weight excluding hydrogens is 261 g/mol. The molecule has 82 valence electrons. The van der Waals surface area contributed by atoms with E-state index in [1.807, 2.05) is 0 Å². The van der Waals surface area contributed by atoms with E-state index in [9.17, 15) is 13.2 Å². The van der Waals surface area contributed by atoms with E-state index in [1.165, 1.54) is 0 Å². The van der Waals surface area contributed by atoms with Crippen molar-refractivity contribution in [3.05, 3.63) is 0 Å². The third-order valence-corrected chi connectivity index (χ3v) is 3.76. The van der Waals surface area contributed by atoms with E-state index in [0.717, 1.165) is 6.42 Å². The number of hydrogen-bond acceptors (Lipinski definition) is 2. The molecule has 0 amide bonds. The maximum Gasteiger partial charge on any atom is 0.393 e. The second-order valence-electron chi connectivity index (χ2n) is 3.93. The maximum absolute atomic E-state index is 12.7. The molecule has 2 N–H and O–H groups in total. The van der Waals surface area contributed by atoms with Gasteiger partial charge in [-0.15, -0.1) is 0 Å².